The van der Waals surface area contributed by atoms with Crippen LogP contribution in [0.25, 0.3) is 0 Å². The number of carbonyl (C=O) groups is 4. The van der Waals surface area contributed by atoms with Crippen LogP contribution < -0.4 is 27.4 Å². The quantitative estimate of drug-likeness (QED) is 0.201. The summed E-state index contributed by atoms with van der Waals surface area (Å²) in [6.45, 7) is 4.82. The number of carbonyl (C=O) groups excluding carboxylic acids is 4. The largest absolute Gasteiger partial charge is 0.394 e. The molecule has 0 saturated heterocycles. The molecule has 10 heteroatoms. The second-order valence-electron chi connectivity index (χ2n) is 6.87. The van der Waals surface area contributed by atoms with Crippen LogP contribution in [0.2, 0.25) is 0 Å². The first-order chi connectivity index (χ1) is 12.6. The van der Waals surface area contributed by atoms with Gasteiger partial charge in [0.1, 0.15) is 18.1 Å². The summed E-state index contributed by atoms with van der Waals surface area (Å²) in [5.74, 6) is -2.26. The van der Waals surface area contributed by atoms with Crippen LogP contribution in [0.15, 0.2) is 0 Å². The van der Waals surface area contributed by atoms with Crippen LogP contribution in [0.1, 0.15) is 46.5 Å². The van der Waals surface area contributed by atoms with Crippen LogP contribution >= 0.6 is 0 Å². The second kappa shape index (κ2) is 13.0. The summed E-state index contributed by atoms with van der Waals surface area (Å²) in [5.41, 5.74) is 10.8. The lowest BCUT2D eigenvalue weighted by Crippen LogP contribution is -2.57. The Morgan fingerprint density at radius 3 is 1.93 bits per heavy atom. The van der Waals surface area contributed by atoms with Gasteiger partial charge in [0.25, 0.3) is 0 Å². The van der Waals surface area contributed by atoms with Gasteiger partial charge in [-0.3, -0.25) is 19.2 Å². The second-order valence-corrected chi connectivity index (χ2v) is 6.87. The number of hydrogen-bond acceptors (Lipinski definition) is 6. The third kappa shape index (κ3) is 10.5. The summed E-state index contributed by atoms with van der Waals surface area (Å²) in [5, 5.41) is 16.7. The Bertz CT molecular complexity index is 512. The molecule has 0 aromatic carbocycles. The van der Waals surface area contributed by atoms with Gasteiger partial charge in [0, 0.05) is 6.92 Å². The first-order valence-electron chi connectivity index (χ1n) is 9.10. The third-order valence-corrected chi connectivity index (χ3v) is 3.82. The van der Waals surface area contributed by atoms with Gasteiger partial charge in [-0.1, -0.05) is 13.8 Å². The molecule has 0 radical (unpaired) electrons. The monoisotopic (exact) mass is 387 g/mol. The number of nitrogens with one attached hydrogen (secondary N) is 3. The number of hydrogen-bond donors (Lipinski definition) is 6. The van der Waals surface area contributed by atoms with Crippen LogP contribution in [0.4, 0.5) is 0 Å². The first-order valence-corrected chi connectivity index (χ1v) is 9.10. The van der Waals surface area contributed by atoms with E-state index in [0.717, 1.165) is 0 Å². The van der Waals surface area contributed by atoms with Crippen LogP contribution in [-0.4, -0.2) is 60.0 Å². The summed E-state index contributed by atoms with van der Waals surface area (Å²) in [6.07, 6.45) is 1.89. The Balaban J connectivity index is 5.14. The minimum absolute atomic E-state index is 0.131. The smallest absolute Gasteiger partial charge is 0.245 e. The topological polar surface area (TPSA) is 177 Å². The number of aliphatic hydroxyl groups is 1. The molecule has 10 nitrogen and oxygen atoms in total. The van der Waals surface area contributed by atoms with Crippen LogP contribution in [0.5, 0.6) is 0 Å². The van der Waals surface area contributed by atoms with E-state index in [-0.39, 0.29) is 5.92 Å². The highest BCUT2D eigenvalue weighted by molar-refractivity contribution is 5.93. The lowest BCUT2D eigenvalue weighted by Gasteiger charge is -2.24. The molecular weight excluding hydrogens is 354 g/mol. The van der Waals surface area contributed by atoms with E-state index in [1.54, 1.807) is 0 Å². The lowest BCUT2D eigenvalue weighted by atomic mass is 10.0. The van der Waals surface area contributed by atoms with Gasteiger partial charge in [-0.25, -0.2) is 0 Å². The highest BCUT2D eigenvalue weighted by atomic mass is 16.3. The van der Waals surface area contributed by atoms with Gasteiger partial charge in [-0.15, -0.1) is 0 Å². The van der Waals surface area contributed by atoms with E-state index < -0.39 is 48.4 Å². The number of primary amides is 1. The van der Waals surface area contributed by atoms with E-state index in [4.69, 9.17) is 11.5 Å². The van der Waals surface area contributed by atoms with E-state index in [0.29, 0.717) is 32.2 Å². The van der Waals surface area contributed by atoms with Crippen molar-refractivity contribution in [3.8, 4) is 0 Å². The minimum atomic E-state index is -1.17. The molecule has 0 aromatic heterocycles. The molecule has 3 atom stereocenters. The van der Waals surface area contributed by atoms with Gasteiger partial charge in [0.15, 0.2) is 0 Å². The molecule has 0 spiro atoms. The normalized spacial score (nSPS) is 14.1. The molecular formula is C17H33N5O5. The average molecular weight is 387 g/mol. The Kier molecular flexibility index (Phi) is 12.0. The van der Waals surface area contributed by atoms with Crippen molar-refractivity contribution in [3.63, 3.8) is 0 Å². The number of unbranched alkanes of at least 4 members (excludes halogenated alkanes) is 1. The van der Waals surface area contributed by atoms with E-state index in [1.807, 2.05) is 13.8 Å². The molecule has 0 aliphatic carbocycles. The molecule has 0 saturated carbocycles. The zero-order valence-corrected chi connectivity index (χ0v) is 16.3. The summed E-state index contributed by atoms with van der Waals surface area (Å²) in [4.78, 5) is 47.6. The Hall–Kier alpha value is -2.20. The van der Waals surface area contributed by atoms with Gasteiger partial charge < -0.3 is 32.5 Å². The minimum Gasteiger partial charge on any atom is -0.394 e. The van der Waals surface area contributed by atoms with E-state index >= 15 is 0 Å². The fraction of sp³-hybridized carbons (Fsp3) is 0.765. The van der Waals surface area contributed by atoms with E-state index in [1.165, 1.54) is 6.92 Å². The molecule has 0 rings (SSSR count). The molecule has 0 aromatic rings. The van der Waals surface area contributed by atoms with Crippen molar-refractivity contribution >= 4 is 23.6 Å². The Morgan fingerprint density at radius 2 is 1.48 bits per heavy atom. The molecule has 156 valence electrons. The van der Waals surface area contributed by atoms with Crippen molar-refractivity contribution in [2.45, 2.75) is 64.6 Å². The molecule has 8 N–H and O–H groups in total. The summed E-state index contributed by atoms with van der Waals surface area (Å²) in [7, 11) is 0. The number of amides is 4. The van der Waals surface area contributed by atoms with Gasteiger partial charge in [-0.05, 0) is 38.1 Å². The van der Waals surface area contributed by atoms with Crippen molar-refractivity contribution in [1.29, 1.82) is 0 Å². The fourth-order valence-corrected chi connectivity index (χ4v) is 2.46. The molecule has 0 bridgehead atoms. The van der Waals surface area contributed by atoms with E-state index in [2.05, 4.69) is 16.0 Å². The Labute approximate surface area is 159 Å². The lowest BCUT2D eigenvalue weighted by molar-refractivity contribution is -0.133. The maximum Gasteiger partial charge on any atom is 0.245 e. The van der Waals surface area contributed by atoms with Gasteiger partial charge in [0.2, 0.25) is 23.6 Å². The van der Waals surface area contributed by atoms with Crippen LogP contribution in [-0.2, 0) is 19.2 Å². The third-order valence-electron chi connectivity index (χ3n) is 3.82. The van der Waals surface area contributed by atoms with Crippen molar-refractivity contribution in [1.82, 2.24) is 16.0 Å². The maximum atomic E-state index is 12.6. The first kappa shape index (κ1) is 24.8. The van der Waals surface area contributed by atoms with Crippen LogP contribution in [0.3, 0.4) is 0 Å². The highest BCUT2D eigenvalue weighted by Gasteiger charge is 2.28. The number of aliphatic hydroxyl groups excluding tert-OH is 1. The SMILES string of the molecule is CC(=O)N[C@H](CO)C(=O)N[C@H](CCCCN)C(=O)N[C@H](CC(C)C)C(N)=O. The molecule has 27 heavy (non-hydrogen) atoms. The molecule has 0 fully saturated rings. The zero-order valence-electron chi connectivity index (χ0n) is 16.3. The number of rotatable bonds is 13. The van der Waals surface area contributed by atoms with E-state index in [9.17, 15) is 24.3 Å². The predicted molar refractivity (Wildman–Crippen MR) is 100 cm³/mol. The fourth-order valence-electron chi connectivity index (χ4n) is 2.46. The Morgan fingerprint density at radius 1 is 0.926 bits per heavy atom. The van der Waals surface area contributed by atoms with Crippen molar-refractivity contribution in [2.75, 3.05) is 13.2 Å². The standard InChI is InChI=1S/C17H33N5O5/c1-10(2)8-13(15(19)25)22-16(26)12(6-4-5-7-18)21-17(27)14(9-23)20-11(3)24/h10,12-14,23H,4-9,18H2,1-3H3,(H2,19,25)(H,20,24)(H,21,27)(H,22,26)/t12-,13-,14-/m1/s1. The molecule has 0 unspecified atom stereocenters. The van der Waals surface area contributed by atoms with Gasteiger partial charge in [-0.2, -0.15) is 0 Å². The highest BCUT2D eigenvalue weighted by Crippen LogP contribution is 2.07. The molecule has 4 amide bonds. The summed E-state index contributed by atoms with van der Waals surface area (Å²) in [6, 6.07) is -2.97. The summed E-state index contributed by atoms with van der Waals surface area (Å²) < 4.78 is 0. The average Bonchev–Trinajstić information content (AvgIpc) is 2.57. The zero-order chi connectivity index (χ0) is 21.0. The maximum absolute atomic E-state index is 12.6. The predicted octanol–water partition coefficient (Wildman–Crippen LogP) is -1.89. The van der Waals surface area contributed by atoms with Crippen molar-refractivity contribution < 1.29 is 24.3 Å². The summed E-state index contributed by atoms with van der Waals surface area (Å²) >= 11 is 0. The van der Waals surface area contributed by atoms with Gasteiger partial charge in [0.05, 0.1) is 6.61 Å². The van der Waals surface area contributed by atoms with Crippen LogP contribution in [0, 0.1) is 5.92 Å². The van der Waals surface area contributed by atoms with Crippen molar-refractivity contribution in [3.05, 3.63) is 0 Å². The molecule has 0 heterocycles. The van der Waals surface area contributed by atoms with Crippen molar-refractivity contribution in [2.24, 2.45) is 17.4 Å². The molecule has 0 aliphatic heterocycles. The van der Waals surface area contributed by atoms with Gasteiger partial charge >= 0.3 is 0 Å². The number of nitrogens with two attached hydrogens (primary N) is 2. The molecule has 0 aliphatic rings.